The third-order valence-corrected chi connectivity index (χ3v) is 4.79. The number of carbonyl (C=O) groups is 4. The van der Waals surface area contributed by atoms with E-state index >= 15 is 0 Å². The number of carboxylic acid groups (broad SMARTS) is 1. The van der Waals surface area contributed by atoms with Gasteiger partial charge in [0.05, 0.1) is 6.04 Å². The summed E-state index contributed by atoms with van der Waals surface area (Å²) in [6, 6.07) is -4.09. The van der Waals surface area contributed by atoms with Crippen LogP contribution in [0.5, 0.6) is 0 Å². The van der Waals surface area contributed by atoms with E-state index in [0.717, 1.165) is 6.42 Å². The number of rotatable bonds is 16. The molecule has 13 nitrogen and oxygen atoms in total. The summed E-state index contributed by atoms with van der Waals surface area (Å²) in [6.45, 7) is 2.01. The number of carbonyl (C=O) groups excluding carboxylic acids is 3. The van der Waals surface area contributed by atoms with Crippen molar-refractivity contribution in [1.82, 2.24) is 16.0 Å². The first kappa shape index (κ1) is 29.4. The Kier molecular flexibility index (Phi) is 14.8. The van der Waals surface area contributed by atoms with Crippen LogP contribution in [0.1, 0.15) is 39.0 Å². The predicted molar refractivity (Wildman–Crippen MR) is 124 cm³/mol. The summed E-state index contributed by atoms with van der Waals surface area (Å²) in [6.07, 6.45) is 2.33. The van der Waals surface area contributed by atoms with E-state index in [4.69, 9.17) is 28.0 Å². The van der Waals surface area contributed by atoms with Crippen LogP contribution in [-0.2, 0) is 19.2 Å². The van der Waals surface area contributed by atoms with Gasteiger partial charge in [0, 0.05) is 12.3 Å². The molecule has 12 N–H and O–H groups in total. The number of guanidine groups is 1. The molecule has 0 aromatic heterocycles. The standard InChI is InChI=1S/C18H36N8O5S/c1-10(17(30)31)24-16(29)13(9-32)26-15(28)12(6-4-8-23-18(21)22)25-14(27)11(20)5-2-3-7-19/h10-13,32H,2-9,19-20H2,1H3,(H,24,29)(H,25,27)(H,26,28)(H,30,31)(H4,21,22,23). The quantitative estimate of drug-likeness (QED) is 0.0476. The molecule has 184 valence electrons. The zero-order valence-corrected chi connectivity index (χ0v) is 19.1. The van der Waals surface area contributed by atoms with Gasteiger partial charge in [-0.2, -0.15) is 12.6 Å². The molecule has 0 saturated heterocycles. The molecule has 4 unspecified atom stereocenters. The second-order valence-corrected chi connectivity index (χ2v) is 7.58. The first-order valence-corrected chi connectivity index (χ1v) is 10.9. The summed E-state index contributed by atoms with van der Waals surface area (Å²) in [7, 11) is 0. The van der Waals surface area contributed by atoms with Gasteiger partial charge in [-0.25, -0.2) is 0 Å². The van der Waals surface area contributed by atoms with E-state index in [0.29, 0.717) is 25.8 Å². The number of nitrogens with one attached hydrogen (secondary N) is 3. The molecule has 0 aromatic rings. The van der Waals surface area contributed by atoms with E-state index in [-0.39, 0.29) is 24.7 Å². The van der Waals surface area contributed by atoms with Crippen LogP contribution in [0.3, 0.4) is 0 Å². The van der Waals surface area contributed by atoms with Crippen molar-refractivity contribution in [3.63, 3.8) is 0 Å². The van der Waals surface area contributed by atoms with Gasteiger partial charge in [-0.05, 0) is 39.2 Å². The molecule has 0 saturated carbocycles. The Morgan fingerprint density at radius 3 is 2.06 bits per heavy atom. The van der Waals surface area contributed by atoms with Crippen LogP contribution in [-0.4, -0.2) is 77.8 Å². The number of hydrogen-bond acceptors (Lipinski definition) is 8. The molecule has 14 heteroatoms. The van der Waals surface area contributed by atoms with Crippen molar-refractivity contribution in [3.05, 3.63) is 0 Å². The molecule has 0 aliphatic carbocycles. The van der Waals surface area contributed by atoms with Crippen LogP contribution in [0.25, 0.3) is 0 Å². The van der Waals surface area contributed by atoms with Gasteiger partial charge >= 0.3 is 5.97 Å². The Bertz CT molecular complexity index is 659. The maximum atomic E-state index is 12.8. The van der Waals surface area contributed by atoms with Gasteiger partial charge in [0.2, 0.25) is 17.7 Å². The average Bonchev–Trinajstić information content (AvgIpc) is 2.73. The molecule has 0 radical (unpaired) electrons. The first-order chi connectivity index (χ1) is 15.0. The summed E-state index contributed by atoms with van der Waals surface area (Å²) in [4.78, 5) is 52.2. The highest BCUT2D eigenvalue weighted by Gasteiger charge is 2.28. The SMILES string of the molecule is CC(NC(=O)C(CS)NC(=O)C(CCCN=C(N)N)NC(=O)C(N)CCCCN)C(=O)O. The van der Waals surface area contributed by atoms with Crippen molar-refractivity contribution in [2.24, 2.45) is 27.9 Å². The number of aliphatic carboxylic acids is 1. The summed E-state index contributed by atoms with van der Waals surface area (Å²) in [5.41, 5.74) is 21.9. The lowest BCUT2D eigenvalue weighted by molar-refractivity contribution is -0.141. The normalized spacial score (nSPS) is 14.4. The topological polar surface area (TPSA) is 241 Å². The van der Waals surface area contributed by atoms with Crippen LogP contribution in [0, 0.1) is 0 Å². The summed E-state index contributed by atoms with van der Waals surface area (Å²) >= 11 is 4.04. The lowest BCUT2D eigenvalue weighted by atomic mass is 10.1. The number of nitrogens with two attached hydrogens (primary N) is 4. The molecule has 3 amide bonds. The molecule has 0 bridgehead atoms. The van der Waals surface area contributed by atoms with Crippen molar-refractivity contribution in [3.8, 4) is 0 Å². The molecule has 0 spiro atoms. The number of amides is 3. The largest absolute Gasteiger partial charge is 0.480 e. The van der Waals surface area contributed by atoms with Gasteiger partial charge in [-0.3, -0.25) is 24.2 Å². The van der Waals surface area contributed by atoms with Crippen molar-refractivity contribution >= 4 is 42.3 Å². The number of hydrogen-bond donors (Lipinski definition) is 9. The van der Waals surface area contributed by atoms with Gasteiger partial charge in [0.25, 0.3) is 0 Å². The Hall–Kier alpha value is -2.58. The Labute approximate surface area is 192 Å². The third kappa shape index (κ3) is 12.3. The van der Waals surface area contributed by atoms with Crippen molar-refractivity contribution in [1.29, 1.82) is 0 Å². The van der Waals surface area contributed by atoms with Crippen LogP contribution >= 0.6 is 12.6 Å². The monoisotopic (exact) mass is 476 g/mol. The minimum absolute atomic E-state index is 0.0861. The zero-order valence-electron chi connectivity index (χ0n) is 18.3. The van der Waals surface area contributed by atoms with E-state index in [1.54, 1.807) is 0 Å². The zero-order chi connectivity index (χ0) is 24.7. The van der Waals surface area contributed by atoms with Crippen LogP contribution in [0.15, 0.2) is 4.99 Å². The lowest BCUT2D eigenvalue weighted by Crippen LogP contribution is -2.57. The first-order valence-electron chi connectivity index (χ1n) is 10.3. The highest BCUT2D eigenvalue weighted by molar-refractivity contribution is 7.80. The van der Waals surface area contributed by atoms with Crippen LogP contribution in [0.2, 0.25) is 0 Å². The molecule has 0 aliphatic rings. The maximum absolute atomic E-state index is 12.8. The number of carboxylic acids is 1. The highest BCUT2D eigenvalue weighted by atomic mass is 32.1. The van der Waals surface area contributed by atoms with E-state index in [2.05, 4.69) is 33.6 Å². The van der Waals surface area contributed by atoms with Crippen LogP contribution in [0.4, 0.5) is 0 Å². The smallest absolute Gasteiger partial charge is 0.325 e. The van der Waals surface area contributed by atoms with E-state index < -0.39 is 47.9 Å². The minimum Gasteiger partial charge on any atom is -0.480 e. The molecule has 0 aromatic carbocycles. The van der Waals surface area contributed by atoms with Crippen LogP contribution < -0.4 is 38.9 Å². The fraction of sp³-hybridized carbons (Fsp3) is 0.722. The molecule has 0 aliphatic heterocycles. The van der Waals surface area contributed by atoms with E-state index in [1.165, 1.54) is 6.92 Å². The van der Waals surface area contributed by atoms with Gasteiger partial charge in [0.1, 0.15) is 18.1 Å². The fourth-order valence-corrected chi connectivity index (χ4v) is 2.79. The molecule has 0 rings (SSSR count). The van der Waals surface area contributed by atoms with Gasteiger partial charge in [-0.15, -0.1) is 0 Å². The summed E-state index contributed by atoms with van der Waals surface area (Å²) in [5, 5.41) is 16.3. The average molecular weight is 477 g/mol. The number of nitrogens with zero attached hydrogens (tertiary/aromatic N) is 1. The molecule has 0 heterocycles. The number of aliphatic imine (C=N–C) groups is 1. The molecular weight excluding hydrogens is 440 g/mol. The third-order valence-electron chi connectivity index (χ3n) is 4.43. The van der Waals surface area contributed by atoms with E-state index in [1.807, 2.05) is 0 Å². The Balaban J connectivity index is 5.16. The van der Waals surface area contributed by atoms with Crippen molar-refractivity contribution < 1.29 is 24.3 Å². The van der Waals surface area contributed by atoms with E-state index in [9.17, 15) is 19.2 Å². The number of thiol groups is 1. The second kappa shape index (κ2) is 16.1. The second-order valence-electron chi connectivity index (χ2n) is 7.21. The highest BCUT2D eigenvalue weighted by Crippen LogP contribution is 2.04. The maximum Gasteiger partial charge on any atom is 0.325 e. The molecule has 4 atom stereocenters. The predicted octanol–water partition coefficient (Wildman–Crippen LogP) is -3.01. The molecule has 0 fully saturated rings. The van der Waals surface area contributed by atoms with Gasteiger partial charge in [0.15, 0.2) is 5.96 Å². The lowest BCUT2D eigenvalue weighted by Gasteiger charge is -2.24. The number of unbranched alkanes of at least 4 members (excludes halogenated alkanes) is 1. The van der Waals surface area contributed by atoms with Crippen molar-refractivity contribution in [2.45, 2.75) is 63.2 Å². The molecular formula is C18H36N8O5S. The molecule has 32 heavy (non-hydrogen) atoms. The van der Waals surface area contributed by atoms with Gasteiger partial charge in [-0.1, -0.05) is 6.42 Å². The minimum atomic E-state index is -1.23. The fourth-order valence-electron chi connectivity index (χ4n) is 2.53. The summed E-state index contributed by atoms with van der Waals surface area (Å²) < 4.78 is 0. The summed E-state index contributed by atoms with van der Waals surface area (Å²) in [5.74, 6) is -3.29. The van der Waals surface area contributed by atoms with Gasteiger partial charge < -0.3 is 44.0 Å². The van der Waals surface area contributed by atoms with Crippen molar-refractivity contribution in [2.75, 3.05) is 18.8 Å². The Morgan fingerprint density at radius 2 is 1.53 bits per heavy atom. The Morgan fingerprint density at radius 1 is 0.938 bits per heavy atom.